The molecule has 4 rings (SSSR count). The van der Waals surface area contributed by atoms with Crippen LogP contribution < -0.4 is 9.80 Å². The number of piperazine rings is 1. The van der Waals surface area contributed by atoms with Gasteiger partial charge in [-0.2, -0.15) is 0 Å². The molecule has 2 aromatic rings. The molecular formula is C20H19Cl2N3O3. The van der Waals surface area contributed by atoms with Crippen LogP contribution in [0.5, 0.6) is 5.75 Å². The fourth-order valence-corrected chi connectivity index (χ4v) is 4.31. The molecule has 0 spiro atoms. The Morgan fingerprint density at radius 3 is 2.07 bits per heavy atom. The Hall–Kier alpha value is -2.28. The third-order valence-electron chi connectivity index (χ3n) is 5.20. The zero-order chi connectivity index (χ0) is 19.8. The predicted molar refractivity (Wildman–Crippen MR) is 109 cm³/mol. The number of halogens is 2. The summed E-state index contributed by atoms with van der Waals surface area (Å²) >= 11 is 12.1. The molecule has 2 aliphatic rings. The minimum Gasteiger partial charge on any atom is -0.508 e. The summed E-state index contributed by atoms with van der Waals surface area (Å²) in [7, 11) is 0. The number of anilines is 2. The molecule has 0 aromatic heterocycles. The van der Waals surface area contributed by atoms with E-state index in [-0.39, 0.29) is 24.0 Å². The van der Waals surface area contributed by atoms with E-state index in [1.165, 1.54) is 4.90 Å². The van der Waals surface area contributed by atoms with Crippen molar-refractivity contribution in [3.05, 3.63) is 52.5 Å². The van der Waals surface area contributed by atoms with Crippen molar-refractivity contribution in [3.8, 4) is 5.75 Å². The van der Waals surface area contributed by atoms with Gasteiger partial charge in [-0.05, 0) is 42.5 Å². The summed E-state index contributed by atoms with van der Waals surface area (Å²) < 4.78 is 0. The third-order valence-corrected chi connectivity index (χ3v) is 5.63. The average molecular weight is 420 g/mol. The van der Waals surface area contributed by atoms with Crippen molar-refractivity contribution >= 4 is 46.4 Å². The zero-order valence-electron chi connectivity index (χ0n) is 15.0. The van der Waals surface area contributed by atoms with Crippen molar-refractivity contribution in [2.75, 3.05) is 36.0 Å². The Labute approximate surface area is 172 Å². The molecular weight excluding hydrogens is 401 g/mol. The Kier molecular flexibility index (Phi) is 5.19. The molecule has 2 aliphatic heterocycles. The molecule has 0 bridgehead atoms. The van der Waals surface area contributed by atoms with E-state index < -0.39 is 6.04 Å². The fraction of sp³-hybridized carbons (Fsp3) is 0.300. The largest absolute Gasteiger partial charge is 0.508 e. The quantitative estimate of drug-likeness (QED) is 0.774. The number of imide groups is 1. The summed E-state index contributed by atoms with van der Waals surface area (Å²) in [5, 5.41) is 10.2. The number of phenolic OH excluding ortho intramolecular Hbond substituents is 1. The minimum absolute atomic E-state index is 0.155. The molecule has 1 N–H and O–H groups in total. The van der Waals surface area contributed by atoms with Crippen molar-refractivity contribution in [1.29, 1.82) is 0 Å². The van der Waals surface area contributed by atoms with E-state index in [0.717, 1.165) is 18.8 Å². The van der Waals surface area contributed by atoms with Crippen LogP contribution in [0.2, 0.25) is 10.0 Å². The van der Waals surface area contributed by atoms with Crippen LogP contribution in [0, 0.1) is 0 Å². The second-order valence-corrected chi connectivity index (χ2v) is 7.83. The summed E-state index contributed by atoms with van der Waals surface area (Å²) in [6.07, 6.45) is 0.155. The van der Waals surface area contributed by atoms with Crippen LogP contribution in [0.15, 0.2) is 42.5 Å². The van der Waals surface area contributed by atoms with Crippen LogP contribution in [0.3, 0.4) is 0 Å². The first-order chi connectivity index (χ1) is 13.4. The highest BCUT2D eigenvalue weighted by Gasteiger charge is 2.43. The molecule has 2 amide bonds. The highest BCUT2D eigenvalue weighted by atomic mass is 35.5. The van der Waals surface area contributed by atoms with Gasteiger partial charge in [-0.25, -0.2) is 4.90 Å². The average Bonchev–Trinajstić information content (AvgIpc) is 2.96. The lowest BCUT2D eigenvalue weighted by Gasteiger charge is -2.38. The molecule has 2 saturated heterocycles. The first-order valence-corrected chi connectivity index (χ1v) is 9.79. The van der Waals surface area contributed by atoms with Crippen LogP contribution in [-0.2, 0) is 9.59 Å². The van der Waals surface area contributed by atoms with Crippen LogP contribution in [0.4, 0.5) is 11.4 Å². The lowest BCUT2D eigenvalue weighted by molar-refractivity contribution is -0.123. The van der Waals surface area contributed by atoms with Gasteiger partial charge in [-0.3, -0.25) is 14.5 Å². The molecule has 28 heavy (non-hydrogen) atoms. The van der Waals surface area contributed by atoms with Crippen molar-refractivity contribution in [3.63, 3.8) is 0 Å². The number of nitrogens with zero attached hydrogens (tertiary/aromatic N) is 3. The topological polar surface area (TPSA) is 64.1 Å². The second kappa shape index (κ2) is 7.62. The summed E-state index contributed by atoms with van der Waals surface area (Å²) in [5.74, 6) is -0.241. The predicted octanol–water partition coefficient (Wildman–Crippen LogP) is 3.15. The summed E-state index contributed by atoms with van der Waals surface area (Å²) in [4.78, 5) is 30.9. The van der Waals surface area contributed by atoms with E-state index in [1.54, 1.807) is 30.3 Å². The molecule has 6 nitrogen and oxygen atoms in total. The SMILES string of the molecule is O=C1C[C@H](N2CCN(c3ccc(O)cc3)CC2)C(=O)N1c1cc(Cl)cc(Cl)c1. The Bertz CT molecular complexity index is 891. The molecule has 0 saturated carbocycles. The normalized spacial score (nSPS) is 20.9. The number of rotatable bonds is 3. The first kappa shape index (κ1) is 19.1. The number of carbonyl (C=O) groups excluding carboxylic acids is 2. The number of phenols is 1. The van der Waals surface area contributed by atoms with Gasteiger partial charge in [-0.15, -0.1) is 0 Å². The van der Waals surface area contributed by atoms with Crippen molar-refractivity contribution in [2.24, 2.45) is 0 Å². The van der Waals surface area contributed by atoms with Gasteiger partial charge in [-0.1, -0.05) is 23.2 Å². The van der Waals surface area contributed by atoms with Crippen LogP contribution >= 0.6 is 23.2 Å². The van der Waals surface area contributed by atoms with Gasteiger partial charge in [0.1, 0.15) is 5.75 Å². The van der Waals surface area contributed by atoms with Crippen molar-refractivity contribution in [2.45, 2.75) is 12.5 Å². The summed E-state index contributed by atoms with van der Waals surface area (Å²) in [6, 6.07) is 11.3. The third kappa shape index (κ3) is 3.68. The molecule has 2 heterocycles. The van der Waals surface area contributed by atoms with E-state index in [1.807, 2.05) is 12.1 Å². The Morgan fingerprint density at radius 2 is 1.46 bits per heavy atom. The number of hydrogen-bond donors (Lipinski definition) is 1. The van der Waals surface area contributed by atoms with Gasteiger partial charge in [0.2, 0.25) is 5.91 Å². The van der Waals surface area contributed by atoms with E-state index in [4.69, 9.17) is 23.2 Å². The molecule has 146 valence electrons. The lowest BCUT2D eigenvalue weighted by Crippen LogP contribution is -2.52. The second-order valence-electron chi connectivity index (χ2n) is 6.95. The Balaban J connectivity index is 1.45. The van der Waals surface area contributed by atoms with Gasteiger partial charge in [0, 0.05) is 41.9 Å². The van der Waals surface area contributed by atoms with E-state index in [2.05, 4.69) is 9.80 Å². The number of aromatic hydroxyl groups is 1. The van der Waals surface area contributed by atoms with E-state index in [9.17, 15) is 14.7 Å². The van der Waals surface area contributed by atoms with Gasteiger partial charge < -0.3 is 10.0 Å². The highest BCUT2D eigenvalue weighted by molar-refractivity contribution is 6.35. The smallest absolute Gasteiger partial charge is 0.251 e. The van der Waals surface area contributed by atoms with E-state index in [0.29, 0.717) is 28.8 Å². The highest BCUT2D eigenvalue weighted by Crippen LogP contribution is 2.31. The monoisotopic (exact) mass is 419 g/mol. The maximum Gasteiger partial charge on any atom is 0.251 e. The van der Waals surface area contributed by atoms with Gasteiger partial charge in [0.15, 0.2) is 0 Å². The number of hydrogen-bond acceptors (Lipinski definition) is 5. The van der Waals surface area contributed by atoms with Gasteiger partial charge >= 0.3 is 0 Å². The lowest BCUT2D eigenvalue weighted by atomic mass is 10.1. The maximum atomic E-state index is 13.0. The summed E-state index contributed by atoms with van der Waals surface area (Å²) in [6.45, 7) is 2.83. The maximum absolute atomic E-state index is 13.0. The van der Waals surface area contributed by atoms with Crippen LogP contribution in [0.25, 0.3) is 0 Å². The molecule has 8 heteroatoms. The molecule has 0 aliphatic carbocycles. The molecule has 2 fully saturated rings. The van der Waals surface area contributed by atoms with Gasteiger partial charge in [0.05, 0.1) is 18.2 Å². The molecule has 2 aromatic carbocycles. The van der Waals surface area contributed by atoms with E-state index >= 15 is 0 Å². The molecule has 0 unspecified atom stereocenters. The number of carbonyl (C=O) groups is 2. The molecule has 1 atom stereocenters. The molecule has 0 radical (unpaired) electrons. The standard InChI is InChI=1S/C20H19Cl2N3O3/c21-13-9-14(22)11-16(10-13)25-19(27)12-18(20(25)28)24-7-5-23(6-8-24)15-1-3-17(26)4-2-15/h1-4,9-11,18,26H,5-8,12H2/t18-/m0/s1. The zero-order valence-corrected chi connectivity index (χ0v) is 16.5. The number of amides is 2. The Morgan fingerprint density at radius 1 is 0.857 bits per heavy atom. The van der Waals surface area contributed by atoms with Crippen LogP contribution in [0.1, 0.15) is 6.42 Å². The first-order valence-electron chi connectivity index (χ1n) is 9.03. The van der Waals surface area contributed by atoms with Gasteiger partial charge in [0.25, 0.3) is 5.91 Å². The number of benzene rings is 2. The fourth-order valence-electron chi connectivity index (χ4n) is 3.80. The van der Waals surface area contributed by atoms with Crippen molar-refractivity contribution < 1.29 is 14.7 Å². The summed E-state index contributed by atoms with van der Waals surface area (Å²) in [5.41, 5.74) is 1.44. The van der Waals surface area contributed by atoms with Crippen LogP contribution in [-0.4, -0.2) is 54.0 Å². The minimum atomic E-state index is -0.466. The van der Waals surface area contributed by atoms with Crippen molar-refractivity contribution in [1.82, 2.24) is 4.90 Å².